The molecule has 0 nitrogen and oxygen atoms in total. The highest BCUT2D eigenvalue weighted by atomic mass is 32.2. The molecule has 0 amide bonds. The zero-order valence-corrected chi connectivity index (χ0v) is 16.8. The summed E-state index contributed by atoms with van der Waals surface area (Å²) in [6.07, 6.45) is 2.54. The van der Waals surface area contributed by atoms with E-state index in [0.29, 0.717) is 5.92 Å². The number of rotatable bonds is 3. The fourth-order valence-electron chi connectivity index (χ4n) is 3.77. The van der Waals surface area contributed by atoms with Crippen molar-refractivity contribution in [1.82, 2.24) is 0 Å². The second-order valence-electron chi connectivity index (χ2n) is 8.77. The Kier molecular flexibility index (Phi) is 4.59. The molecule has 0 radical (unpaired) electrons. The van der Waals surface area contributed by atoms with Gasteiger partial charge in [-0.25, -0.2) is 0 Å². The lowest BCUT2D eigenvalue weighted by atomic mass is 9.62. The third-order valence-corrected chi connectivity index (χ3v) is 6.66. The predicted molar refractivity (Wildman–Crippen MR) is 106 cm³/mol. The van der Waals surface area contributed by atoms with Crippen LogP contribution in [0, 0.1) is 0 Å². The molecule has 2 aromatic rings. The normalized spacial score (nSPS) is 18.5. The van der Waals surface area contributed by atoms with Gasteiger partial charge in [-0.3, -0.25) is 0 Å². The Balaban J connectivity index is 2.16. The minimum absolute atomic E-state index is 0.270. The quantitative estimate of drug-likeness (QED) is 0.565. The van der Waals surface area contributed by atoms with Crippen molar-refractivity contribution < 1.29 is 0 Å². The Hall–Kier alpha value is -1.21. The second-order valence-corrected chi connectivity index (χ2v) is 9.89. The molecule has 0 heterocycles. The largest absolute Gasteiger partial charge is 0.0898 e. The first kappa shape index (κ1) is 17.6. The molecule has 1 aliphatic rings. The first-order valence-electron chi connectivity index (χ1n) is 9.12. The van der Waals surface area contributed by atoms with E-state index in [-0.39, 0.29) is 10.8 Å². The summed E-state index contributed by atoms with van der Waals surface area (Å²) in [5.41, 5.74) is 5.17. The Morgan fingerprint density at radius 3 is 1.92 bits per heavy atom. The molecule has 24 heavy (non-hydrogen) atoms. The summed E-state index contributed by atoms with van der Waals surface area (Å²) in [7, 11) is 0. The topological polar surface area (TPSA) is 0 Å². The molecule has 128 valence electrons. The van der Waals surface area contributed by atoms with Gasteiger partial charge in [0.2, 0.25) is 0 Å². The van der Waals surface area contributed by atoms with E-state index in [9.17, 15) is 0 Å². The maximum atomic E-state index is 2.52. The average Bonchev–Trinajstić information content (AvgIpc) is 2.52. The van der Waals surface area contributed by atoms with Gasteiger partial charge in [-0.05, 0) is 64.5 Å². The van der Waals surface area contributed by atoms with Crippen LogP contribution in [0.1, 0.15) is 77.0 Å². The molecule has 0 aliphatic heterocycles. The van der Waals surface area contributed by atoms with Crippen molar-refractivity contribution >= 4 is 11.8 Å². The van der Waals surface area contributed by atoms with Gasteiger partial charge in [-0.2, -0.15) is 0 Å². The van der Waals surface area contributed by atoms with Gasteiger partial charge in [-0.15, -0.1) is 0 Å². The first-order chi connectivity index (χ1) is 11.2. The molecular formula is C23H30S. The van der Waals surface area contributed by atoms with E-state index in [2.05, 4.69) is 84.0 Å². The molecule has 3 rings (SSSR count). The van der Waals surface area contributed by atoms with Gasteiger partial charge in [0, 0.05) is 9.79 Å². The van der Waals surface area contributed by atoms with Gasteiger partial charge in [0.05, 0.1) is 0 Å². The number of fused-ring (bicyclic) bond motifs is 1. The molecule has 0 bridgehead atoms. The Morgan fingerprint density at radius 1 is 0.833 bits per heavy atom. The van der Waals surface area contributed by atoms with Crippen molar-refractivity contribution in [3.05, 3.63) is 59.2 Å². The number of hydrogen-bond donors (Lipinski definition) is 0. The standard InChI is InChI=1S/C23H30S/c1-16(2)18-14-19-20(23(5,6)13-12-22(19,3)4)15-21(18)24-17-10-8-7-9-11-17/h7-11,14-16H,12-13H2,1-6H3. The highest BCUT2D eigenvalue weighted by molar-refractivity contribution is 7.99. The zero-order valence-electron chi connectivity index (χ0n) is 15.9. The summed E-state index contributed by atoms with van der Waals surface area (Å²) < 4.78 is 0. The Labute approximate surface area is 152 Å². The number of hydrogen-bond acceptors (Lipinski definition) is 1. The molecule has 0 atom stereocenters. The molecule has 0 N–H and O–H groups in total. The smallest absolute Gasteiger partial charge is 0.0160 e. The summed E-state index contributed by atoms with van der Waals surface area (Å²) in [5, 5.41) is 0. The monoisotopic (exact) mass is 338 g/mol. The van der Waals surface area contributed by atoms with Crippen molar-refractivity contribution in [3.63, 3.8) is 0 Å². The van der Waals surface area contributed by atoms with Crippen LogP contribution in [0.25, 0.3) is 0 Å². The summed E-state index contributed by atoms with van der Waals surface area (Å²) in [5.74, 6) is 0.544. The fraction of sp³-hybridized carbons (Fsp3) is 0.478. The van der Waals surface area contributed by atoms with Gasteiger partial charge in [0.15, 0.2) is 0 Å². The molecule has 0 spiro atoms. The summed E-state index contributed by atoms with van der Waals surface area (Å²) in [6.45, 7) is 14.3. The van der Waals surface area contributed by atoms with Gasteiger partial charge < -0.3 is 0 Å². The third-order valence-electron chi connectivity index (χ3n) is 5.58. The van der Waals surface area contributed by atoms with E-state index in [4.69, 9.17) is 0 Å². The van der Waals surface area contributed by atoms with E-state index in [1.807, 2.05) is 11.8 Å². The maximum absolute atomic E-state index is 2.52. The highest BCUT2D eigenvalue weighted by Crippen LogP contribution is 2.49. The lowest BCUT2D eigenvalue weighted by Gasteiger charge is -2.42. The molecule has 0 saturated heterocycles. The summed E-state index contributed by atoms with van der Waals surface area (Å²) >= 11 is 1.92. The van der Waals surface area contributed by atoms with Crippen LogP contribution in [-0.2, 0) is 10.8 Å². The molecule has 0 aromatic heterocycles. The number of benzene rings is 2. The van der Waals surface area contributed by atoms with Gasteiger partial charge >= 0.3 is 0 Å². The fourth-order valence-corrected chi connectivity index (χ4v) is 4.90. The molecule has 2 aromatic carbocycles. The molecular weight excluding hydrogens is 308 g/mol. The predicted octanol–water partition coefficient (Wildman–Crippen LogP) is 7.31. The second kappa shape index (κ2) is 6.26. The molecule has 1 aliphatic carbocycles. The van der Waals surface area contributed by atoms with Gasteiger partial charge in [0.25, 0.3) is 0 Å². The van der Waals surface area contributed by atoms with Crippen LogP contribution in [0.15, 0.2) is 52.3 Å². The van der Waals surface area contributed by atoms with Crippen LogP contribution in [0.3, 0.4) is 0 Å². The van der Waals surface area contributed by atoms with Crippen LogP contribution in [0.2, 0.25) is 0 Å². The highest BCUT2D eigenvalue weighted by Gasteiger charge is 2.37. The SMILES string of the molecule is CC(C)c1cc2c(cc1Sc1ccccc1)C(C)(C)CCC2(C)C. The van der Waals surface area contributed by atoms with Crippen LogP contribution >= 0.6 is 11.8 Å². The molecule has 0 unspecified atom stereocenters. The minimum Gasteiger partial charge on any atom is -0.0898 e. The van der Waals surface area contributed by atoms with Gasteiger partial charge in [-0.1, -0.05) is 77.6 Å². The molecule has 1 heteroatoms. The average molecular weight is 339 g/mol. The summed E-state index contributed by atoms with van der Waals surface area (Å²) in [6, 6.07) is 15.8. The summed E-state index contributed by atoms with van der Waals surface area (Å²) in [4.78, 5) is 2.76. The van der Waals surface area contributed by atoms with Gasteiger partial charge in [0.1, 0.15) is 0 Å². The van der Waals surface area contributed by atoms with Crippen molar-refractivity contribution in [2.75, 3.05) is 0 Å². The van der Waals surface area contributed by atoms with Crippen LogP contribution in [0.5, 0.6) is 0 Å². The van der Waals surface area contributed by atoms with Crippen molar-refractivity contribution in [2.45, 2.75) is 80.9 Å². The minimum atomic E-state index is 0.270. The van der Waals surface area contributed by atoms with E-state index < -0.39 is 0 Å². The van der Waals surface area contributed by atoms with Crippen LogP contribution in [0.4, 0.5) is 0 Å². The lowest BCUT2D eigenvalue weighted by molar-refractivity contribution is 0.330. The van der Waals surface area contributed by atoms with E-state index in [1.165, 1.54) is 28.2 Å². The van der Waals surface area contributed by atoms with E-state index in [1.54, 1.807) is 11.1 Å². The first-order valence-corrected chi connectivity index (χ1v) is 9.94. The third kappa shape index (κ3) is 3.28. The Morgan fingerprint density at radius 2 is 1.38 bits per heavy atom. The molecule has 0 fully saturated rings. The van der Waals surface area contributed by atoms with Crippen molar-refractivity contribution in [2.24, 2.45) is 0 Å². The Bertz CT molecular complexity index is 723. The van der Waals surface area contributed by atoms with Crippen LogP contribution < -0.4 is 0 Å². The lowest BCUT2D eigenvalue weighted by Crippen LogP contribution is -2.34. The van der Waals surface area contributed by atoms with Crippen molar-refractivity contribution in [3.8, 4) is 0 Å². The molecule has 0 saturated carbocycles. The van der Waals surface area contributed by atoms with Crippen LogP contribution in [-0.4, -0.2) is 0 Å². The maximum Gasteiger partial charge on any atom is 0.0160 e. The van der Waals surface area contributed by atoms with Crippen molar-refractivity contribution in [1.29, 1.82) is 0 Å². The van der Waals surface area contributed by atoms with E-state index >= 15 is 0 Å². The zero-order chi connectivity index (χ0) is 17.5. The van der Waals surface area contributed by atoms with E-state index in [0.717, 1.165) is 0 Å².